The van der Waals surface area contributed by atoms with Crippen molar-refractivity contribution in [1.29, 1.82) is 0 Å². The molecule has 1 amide bonds. The highest BCUT2D eigenvalue weighted by Gasteiger charge is 2.30. The van der Waals surface area contributed by atoms with Crippen molar-refractivity contribution in [2.24, 2.45) is 5.92 Å². The predicted octanol–water partition coefficient (Wildman–Crippen LogP) is 2.14. The molecule has 2 rings (SSSR count). The van der Waals surface area contributed by atoms with Gasteiger partial charge in [0.15, 0.2) is 0 Å². The summed E-state index contributed by atoms with van der Waals surface area (Å²) in [6.07, 6.45) is 5.69. The van der Waals surface area contributed by atoms with Gasteiger partial charge in [0.25, 0.3) is 0 Å². The average Bonchev–Trinajstić information content (AvgIpc) is 2.63. The van der Waals surface area contributed by atoms with Gasteiger partial charge in [-0.1, -0.05) is 0 Å². The monoisotopic (exact) mass is 279 g/mol. The minimum atomic E-state index is -0.0400. The number of hydrogen-bond donors (Lipinski definition) is 1. The van der Waals surface area contributed by atoms with Gasteiger partial charge < -0.3 is 10.0 Å². The highest BCUT2D eigenvalue weighted by Crippen LogP contribution is 2.33. The molecule has 0 saturated carbocycles. The lowest BCUT2D eigenvalue weighted by Gasteiger charge is -2.17. The molecule has 1 aliphatic heterocycles. The fraction of sp³-hybridized carbons (Fsp3) is 0.250. The Morgan fingerprint density at radius 3 is 2.94 bits per heavy atom. The van der Waals surface area contributed by atoms with E-state index in [0.717, 1.165) is 4.47 Å². The van der Waals surface area contributed by atoms with Crippen LogP contribution in [0.25, 0.3) is 0 Å². The number of carbonyl (C=O) groups excluding carboxylic acids is 1. The van der Waals surface area contributed by atoms with Gasteiger partial charge in [0, 0.05) is 29.4 Å². The molecule has 1 heterocycles. The van der Waals surface area contributed by atoms with E-state index < -0.39 is 0 Å². The molecule has 4 heteroatoms. The molecular weight excluding hydrogens is 270 g/mol. The normalized spacial score (nSPS) is 19.9. The summed E-state index contributed by atoms with van der Waals surface area (Å²) < 4.78 is 0.774. The van der Waals surface area contributed by atoms with Crippen LogP contribution in [0, 0.1) is 18.3 Å². The second kappa shape index (κ2) is 4.18. The van der Waals surface area contributed by atoms with E-state index in [0.29, 0.717) is 18.7 Å². The van der Waals surface area contributed by atoms with Crippen LogP contribution in [0.5, 0.6) is 5.75 Å². The molecule has 3 nitrogen and oxygen atoms in total. The van der Waals surface area contributed by atoms with Crippen molar-refractivity contribution in [3.05, 3.63) is 22.7 Å². The van der Waals surface area contributed by atoms with Crippen LogP contribution in [0.3, 0.4) is 0 Å². The maximum Gasteiger partial charge on any atom is 0.228 e. The number of benzene rings is 1. The number of nitrogens with zero attached hydrogens (tertiary/aromatic N) is 1. The van der Waals surface area contributed by atoms with E-state index in [4.69, 9.17) is 6.42 Å². The number of phenolic OH excluding ortho intramolecular Hbond substituents is 1. The first kappa shape index (κ1) is 11.0. The second-order valence-corrected chi connectivity index (χ2v) is 4.56. The zero-order valence-electron chi connectivity index (χ0n) is 8.48. The van der Waals surface area contributed by atoms with Gasteiger partial charge in [0.05, 0.1) is 5.69 Å². The molecule has 0 bridgehead atoms. The number of aromatic hydroxyl groups is 1. The van der Waals surface area contributed by atoms with Crippen LogP contribution in [0.4, 0.5) is 5.69 Å². The largest absolute Gasteiger partial charge is 0.508 e. The van der Waals surface area contributed by atoms with E-state index in [-0.39, 0.29) is 17.6 Å². The lowest BCUT2D eigenvalue weighted by molar-refractivity contribution is -0.117. The smallest absolute Gasteiger partial charge is 0.228 e. The van der Waals surface area contributed by atoms with Crippen molar-refractivity contribution in [3.8, 4) is 18.1 Å². The van der Waals surface area contributed by atoms with Gasteiger partial charge in [-0.15, -0.1) is 12.3 Å². The fourth-order valence-corrected chi connectivity index (χ4v) is 2.22. The quantitative estimate of drug-likeness (QED) is 0.801. The number of phenols is 1. The van der Waals surface area contributed by atoms with Crippen LogP contribution in [0.2, 0.25) is 0 Å². The Morgan fingerprint density at radius 2 is 2.31 bits per heavy atom. The lowest BCUT2D eigenvalue weighted by atomic mass is 10.1. The second-order valence-electron chi connectivity index (χ2n) is 3.71. The van der Waals surface area contributed by atoms with Gasteiger partial charge in [-0.2, -0.15) is 0 Å². The van der Waals surface area contributed by atoms with Gasteiger partial charge in [-0.25, -0.2) is 0 Å². The Kier molecular flexibility index (Phi) is 2.88. The zero-order chi connectivity index (χ0) is 11.7. The summed E-state index contributed by atoms with van der Waals surface area (Å²) in [7, 11) is 0. The molecule has 0 spiro atoms. The summed E-state index contributed by atoms with van der Waals surface area (Å²) in [6, 6.07) is 4.83. The molecule has 0 aliphatic carbocycles. The third-order valence-corrected chi connectivity index (χ3v) is 3.25. The SMILES string of the molecule is C#CC1CC(=O)N(c2cc(O)ccc2Br)C1. The van der Waals surface area contributed by atoms with E-state index in [1.165, 1.54) is 0 Å². The topological polar surface area (TPSA) is 40.5 Å². The predicted molar refractivity (Wildman–Crippen MR) is 65.1 cm³/mol. The van der Waals surface area contributed by atoms with Crippen LogP contribution < -0.4 is 4.90 Å². The Balaban J connectivity index is 2.35. The summed E-state index contributed by atoms with van der Waals surface area (Å²) in [6.45, 7) is 0.511. The molecule has 1 atom stereocenters. The third kappa shape index (κ3) is 1.91. The molecule has 1 aliphatic rings. The number of terminal acetylenes is 1. The molecule has 82 valence electrons. The minimum Gasteiger partial charge on any atom is -0.508 e. The number of hydrogen-bond acceptors (Lipinski definition) is 2. The van der Waals surface area contributed by atoms with Crippen molar-refractivity contribution >= 4 is 27.5 Å². The van der Waals surface area contributed by atoms with E-state index in [2.05, 4.69) is 21.9 Å². The first-order valence-electron chi connectivity index (χ1n) is 4.87. The van der Waals surface area contributed by atoms with Gasteiger partial charge in [0.2, 0.25) is 5.91 Å². The van der Waals surface area contributed by atoms with Crippen LogP contribution in [0.15, 0.2) is 22.7 Å². The fourth-order valence-electron chi connectivity index (χ4n) is 1.76. The third-order valence-electron chi connectivity index (χ3n) is 2.58. The molecule has 16 heavy (non-hydrogen) atoms. The van der Waals surface area contributed by atoms with Crippen LogP contribution >= 0.6 is 15.9 Å². The zero-order valence-corrected chi connectivity index (χ0v) is 10.1. The van der Waals surface area contributed by atoms with Crippen LogP contribution in [-0.4, -0.2) is 17.6 Å². The number of carbonyl (C=O) groups is 1. The Morgan fingerprint density at radius 1 is 1.56 bits per heavy atom. The summed E-state index contributed by atoms with van der Waals surface area (Å²) in [5.41, 5.74) is 0.669. The van der Waals surface area contributed by atoms with Crippen molar-refractivity contribution in [3.63, 3.8) is 0 Å². The molecule has 0 aromatic heterocycles. The number of anilines is 1. The first-order chi connectivity index (χ1) is 7.61. The molecule has 1 aromatic carbocycles. The number of amides is 1. The molecule has 1 unspecified atom stereocenters. The Hall–Kier alpha value is -1.47. The number of rotatable bonds is 1. The summed E-state index contributed by atoms with van der Waals surface area (Å²) >= 11 is 3.35. The molecule has 1 aromatic rings. The molecule has 0 radical (unpaired) electrons. The van der Waals surface area contributed by atoms with Crippen molar-refractivity contribution in [1.82, 2.24) is 0 Å². The van der Waals surface area contributed by atoms with Crippen molar-refractivity contribution in [2.75, 3.05) is 11.4 Å². The Labute approximate surface area is 102 Å². The lowest BCUT2D eigenvalue weighted by Crippen LogP contribution is -2.24. The maximum atomic E-state index is 11.7. The van der Waals surface area contributed by atoms with Crippen molar-refractivity contribution < 1.29 is 9.90 Å². The molecule has 1 fully saturated rings. The van der Waals surface area contributed by atoms with E-state index in [1.807, 2.05) is 0 Å². The molecule has 1 saturated heterocycles. The van der Waals surface area contributed by atoms with Crippen LogP contribution in [0.1, 0.15) is 6.42 Å². The Bertz CT molecular complexity index is 478. The molecular formula is C12H10BrNO2. The summed E-state index contributed by atoms with van der Waals surface area (Å²) in [4.78, 5) is 13.3. The highest BCUT2D eigenvalue weighted by atomic mass is 79.9. The minimum absolute atomic E-state index is 0.00532. The van der Waals surface area contributed by atoms with Gasteiger partial charge >= 0.3 is 0 Å². The summed E-state index contributed by atoms with van der Waals surface area (Å²) in [5, 5.41) is 9.41. The van der Waals surface area contributed by atoms with E-state index in [9.17, 15) is 9.90 Å². The van der Waals surface area contributed by atoms with Gasteiger partial charge in [-0.05, 0) is 28.1 Å². The standard InChI is InChI=1S/C12H10BrNO2/c1-2-8-5-12(16)14(7-8)11-6-9(15)3-4-10(11)13/h1,3-4,6,8,15H,5,7H2. The van der Waals surface area contributed by atoms with E-state index >= 15 is 0 Å². The van der Waals surface area contributed by atoms with Gasteiger partial charge in [0.1, 0.15) is 5.75 Å². The maximum absolute atomic E-state index is 11.7. The van der Waals surface area contributed by atoms with Crippen molar-refractivity contribution in [2.45, 2.75) is 6.42 Å². The first-order valence-corrected chi connectivity index (χ1v) is 5.66. The molecule has 1 N–H and O–H groups in total. The van der Waals surface area contributed by atoms with Gasteiger partial charge in [-0.3, -0.25) is 4.79 Å². The van der Waals surface area contributed by atoms with E-state index in [1.54, 1.807) is 23.1 Å². The highest BCUT2D eigenvalue weighted by molar-refractivity contribution is 9.10. The average molecular weight is 280 g/mol. The van der Waals surface area contributed by atoms with Crippen LogP contribution in [-0.2, 0) is 4.79 Å². The number of halogens is 1. The summed E-state index contributed by atoms with van der Waals surface area (Å²) in [5.74, 6) is 2.68.